The standard InChI is InChI=1S/C25H33N3O6SSi/c1-18-26-21-12-11-20(16-23(21)28(18)35(31,32)13-14-36(3,4)5)15-22(24(29)33-2)27-25(30)34-17-19-9-7-6-8-10-19/h6-12,16,22H,13-15,17H2,1-5H3,(H,27,30)/p+1/t22-/m1/s1. The number of methoxy groups -OCH3 is 1. The monoisotopic (exact) mass is 532 g/mol. The lowest BCUT2D eigenvalue weighted by Crippen LogP contribution is -2.47. The number of amides is 1. The van der Waals surface area contributed by atoms with E-state index in [4.69, 9.17) is 9.47 Å². The third-order valence-electron chi connectivity index (χ3n) is 5.72. The second-order valence-electron chi connectivity index (χ2n) is 9.94. The van der Waals surface area contributed by atoms with Gasteiger partial charge in [0.05, 0.1) is 12.9 Å². The maximum absolute atomic E-state index is 13.2. The number of nitrogens with one attached hydrogen (secondary N) is 2. The summed E-state index contributed by atoms with van der Waals surface area (Å²) in [6.45, 7) is 8.19. The topological polar surface area (TPSA) is 118 Å². The Morgan fingerprint density at radius 3 is 2.42 bits per heavy atom. The lowest BCUT2D eigenvalue weighted by Gasteiger charge is -2.16. The van der Waals surface area contributed by atoms with Gasteiger partial charge in [-0.05, 0) is 29.3 Å². The van der Waals surface area contributed by atoms with Gasteiger partial charge in [0.25, 0.3) is 5.82 Å². The minimum Gasteiger partial charge on any atom is -0.467 e. The predicted molar refractivity (Wildman–Crippen MR) is 140 cm³/mol. The molecule has 0 aliphatic carbocycles. The molecule has 1 aromatic heterocycles. The van der Waals surface area contributed by atoms with E-state index in [1.807, 2.05) is 30.3 Å². The van der Waals surface area contributed by atoms with Crippen molar-refractivity contribution in [2.45, 2.75) is 51.7 Å². The van der Waals surface area contributed by atoms with E-state index < -0.39 is 36.2 Å². The van der Waals surface area contributed by atoms with E-state index >= 15 is 0 Å². The predicted octanol–water partition coefficient (Wildman–Crippen LogP) is 3.29. The molecule has 0 unspecified atom stereocenters. The lowest BCUT2D eigenvalue weighted by atomic mass is 10.1. The van der Waals surface area contributed by atoms with Crippen LogP contribution in [0, 0.1) is 6.92 Å². The molecule has 11 heteroatoms. The Morgan fingerprint density at radius 2 is 1.78 bits per heavy atom. The van der Waals surface area contributed by atoms with Crippen LogP contribution in [0.4, 0.5) is 4.79 Å². The van der Waals surface area contributed by atoms with Gasteiger partial charge in [-0.25, -0.2) is 14.6 Å². The number of alkyl carbamates (subject to hydrolysis) is 1. The molecular formula is C25H34N3O6SSi+. The van der Waals surface area contributed by atoms with Gasteiger partial charge < -0.3 is 14.8 Å². The molecule has 36 heavy (non-hydrogen) atoms. The largest absolute Gasteiger partial charge is 0.467 e. The van der Waals surface area contributed by atoms with Gasteiger partial charge in [0.2, 0.25) is 0 Å². The minimum atomic E-state index is -3.59. The quantitative estimate of drug-likeness (QED) is 0.235. The summed E-state index contributed by atoms with van der Waals surface area (Å²) in [5.41, 5.74) is 2.64. The number of rotatable bonds is 10. The van der Waals surface area contributed by atoms with Crippen LogP contribution in [-0.4, -0.2) is 52.4 Å². The molecule has 3 aromatic rings. The van der Waals surface area contributed by atoms with Crippen LogP contribution < -0.4 is 9.29 Å². The van der Waals surface area contributed by atoms with Gasteiger partial charge in [-0.1, -0.05) is 56.0 Å². The summed E-state index contributed by atoms with van der Waals surface area (Å²) < 4.78 is 37.9. The van der Waals surface area contributed by atoms with Crippen molar-refractivity contribution in [1.29, 1.82) is 0 Å². The number of carbonyl (C=O) groups is 2. The molecule has 0 radical (unpaired) electrons. The number of aromatic amines is 1. The molecule has 0 aliphatic rings. The first-order chi connectivity index (χ1) is 16.9. The number of aromatic nitrogens is 2. The summed E-state index contributed by atoms with van der Waals surface area (Å²) in [5.74, 6) is -0.0668. The van der Waals surface area contributed by atoms with Crippen LogP contribution in [0.1, 0.15) is 17.0 Å². The molecule has 2 N–H and O–H groups in total. The van der Waals surface area contributed by atoms with Crippen LogP contribution in [0.3, 0.4) is 0 Å². The molecule has 0 saturated heterocycles. The Balaban J connectivity index is 1.81. The number of fused-ring (bicyclic) bond motifs is 1. The highest BCUT2D eigenvalue weighted by Crippen LogP contribution is 2.17. The fourth-order valence-corrected chi connectivity index (χ4v) is 8.34. The SMILES string of the molecule is COC(=O)[C@@H](Cc1ccc2[nH]c(C)[n+](S(=O)(=O)CC[Si](C)(C)C)c2c1)NC(=O)OCc1ccccc1. The van der Waals surface area contributed by atoms with Crippen molar-refractivity contribution in [3.63, 3.8) is 0 Å². The van der Waals surface area contributed by atoms with E-state index in [1.54, 1.807) is 25.1 Å². The maximum atomic E-state index is 13.2. The van der Waals surface area contributed by atoms with Crippen molar-refractivity contribution in [3.8, 4) is 0 Å². The van der Waals surface area contributed by atoms with E-state index in [0.717, 1.165) is 5.56 Å². The van der Waals surface area contributed by atoms with Crippen LogP contribution in [0.15, 0.2) is 48.5 Å². The zero-order chi connectivity index (χ0) is 26.5. The van der Waals surface area contributed by atoms with Crippen LogP contribution >= 0.6 is 0 Å². The highest BCUT2D eigenvalue weighted by molar-refractivity contribution is 7.85. The van der Waals surface area contributed by atoms with Gasteiger partial charge >= 0.3 is 22.1 Å². The van der Waals surface area contributed by atoms with E-state index in [-0.39, 0.29) is 18.8 Å². The molecule has 0 aliphatic heterocycles. The van der Waals surface area contributed by atoms with Gasteiger partial charge in [0.1, 0.15) is 12.6 Å². The lowest BCUT2D eigenvalue weighted by molar-refractivity contribution is -0.488. The molecule has 1 amide bonds. The van der Waals surface area contributed by atoms with Crippen molar-refractivity contribution in [3.05, 3.63) is 65.5 Å². The van der Waals surface area contributed by atoms with E-state index in [2.05, 4.69) is 29.9 Å². The minimum absolute atomic E-state index is 0.0600. The smallest absolute Gasteiger partial charge is 0.408 e. The van der Waals surface area contributed by atoms with Crippen molar-refractivity contribution >= 4 is 41.2 Å². The fraction of sp³-hybridized carbons (Fsp3) is 0.400. The molecule has 1 atom stereocenters. The third kappa shape index (κ3) is 7.17. The molecule has 0 spiro atoms. The molecule has 0 bridgehead atoms. The van der Waals surface area contributed by atoms with E-state index in [1.165, 1.54) is 11.1 Å². The van der Waals surface area contributed by atoms with Crippen LogP contribution in [0.25, 0.3) is 11.0 Å². The second-order valence-corrected chi connectivity index (χ2v) is 17.5. The highest BCUT2D eigenvalue weighted by atomic mass is 32.2. The molecule has 194 valence electrons. The first-order valence-corrected chi connectivity index (χ1v) is 17.0. The Morgan fingerprint density at radius 1 is 1.08 bits per heavy atom. The molecule has 0 saturated carbocycles. The van der Waals surface area contributed by atoms with Crippen LogP contribution in [0.2, 0.25) is 25.7 Å². The number of carbonyl (C=O) groups excluding carboxylic acids is 2. The Hall–Kier alpha value is -3.18. The summed E-state index contributed by atoms with van der Waals surface area (Å²) in [6.07, 6.45) is -0.654. The molecule has 3 rings (SSSR count). The van der Waals surface area contributed by atoms with Gasteiger partial charge in [-0.15, -0.1) is 3.97 Å². The Labute approximate surface area is 212 Å². The zero-order valence-corrected chi connectivity index (χ0v) is 23.1. The molecule has 1 heterocycles. The Kier molecular flexibility index (Phi) is 8.57. The van der Waals surface area contributed by atoms with Crippen molar-refractivity contribution < 1.29 is 31.5 Å². The first-order valence-electron chi connectivity index (χ1n) is 11.7. The van der Waals surface area contributed by atoms with Crippen molar-refractivity contribution in [2.75, 3.05) is 12.9 Å². The van der Waals surface area contributed by atoms with Gasteiger partial charge in [0.15, 0.2) is 11.0 Å². The molecule has 2 aromatic carbocycles. The number of hydrogen-bond acceptors (Lipinski definition) is 6. The summed E-state index contributed by atoms with van der Waals surface area (Å²) in [6, 6.07) is 14.1. The average molecular weight is 533 g/mol. The van der Waals surface area contributed by atoms with Crippen molar-refractivity contribution in [1.82, 2.24) is 10.3 Å². The van der Waals surface area contributed by atoms with Gasteiger partial charge in [-0.2, -0.15) is 8.42 Å². The van der Waals surface area contributed by atoms with E-state index in [9.17, 15) is 18.0 Å². The normalized spacial score (nSPS) is 12.8. The van der Waals surface area contributed by atoms with E-state index in [0.29, 0.717) is 28.5 Å². The number of imidazole rings is 1. The third-order valence-corrected chi connectivity index (χ3v) is 9.58. The summed E-state index contributed by atoms with van der Waals surface area (Å²) >= 11 is 0. The first kappa shape index (κ1) is 27.4. The zero-order valence-electron chi connectivity index (χ0n) is 21.3. The summed E-state index contributed by atoms with van der Waals surface area (Å²) in [4.78, 5) is 27.9. The maximum Gasteiger partial charge on any atom is 0.408 e. The fourth-order valence-electron chi connectivity index (χ4n) is 3.77. The number of esters is 1. The van der Waals surface area contributed by atoms with Crippen molar-refractivity contribution in [2.24, 2.45) is 0 Å². The van der Waals surface area contributed by atoms with Gasteiger partial charge in [-0.3, -0.25) is 0 Å². The molecule has 9 nitrogen and oxygen atoms in total. The highest BCUT2D eigenvalue weighted by Gasteiger charge is 2.30. The second kappa shape index (κ2) is 11.3. The van der Waals surface area contributed by atoms with Crippen LogP contribution in [-0.2, 0) is 37.3 Å². The number of ether oxygens (including phenoxy) is 2. The van der Waals surface area contributed by atoms with Crippen LogP contribution in [0.5, 0.6) is 0 Å². The molecular weight excluding hydrogens is 498 g/mol. The molecule has 0 fully saturated rings. The number of aryl methyl sites for hydroxylation is 1. The Bertz CT molecular complexity index is 1330. The summed E-state index contributed by atoms with van der Waals surface area (Å²) in [7, 11) is -3.91. The number of nitrogens with zero attached hydrogens (tertiary/aromatic N) is 1. The number of H-pyrrole nitrogens is 1. The van der Waals surface area contributed by atoms with Gasteiger partial charge in [0, 0.05) is 21.4 Å². The number of benzene rings is 2. The summed E-state index contributed by atoms with van der Waals surface area (Å²) in [5, 5.41) is 2.56. The average Bonchev–Trinajstić information content (AvgIpc) is 3.16. The number of hydrogen-bond donors (Lipinski definition) is 2.